The highest BCUT2D eigenvalue weighted by Gasteiger charge is 2.40. The lowest BCUT2D eigenvalue weighted by atomic mass is 10.2. The first-order chi connectivity index (χ1) is 6.48. The number of ketones is 1. The molecule has 76 valence electrons. The number of rotatable bonds is 0. The molecule has 14 heavy (non-hydrogen) atoms. The van der Waals surface area contributed by atoms with Crippen LogP contribution in [0.15, 0.2) is 4.42 Å². The summed E-state index contributed by atoms with van der Waals surface area (Å²) in [6.07, 6.45) is -4.64. The standard InChI is InChI=1S/C7H5F3N2O2/c8-7(9,10)6-12-5-3(13)1-11-2-4(5)14-6/h11H,1-2H2. The van der Waals surface area contributed by atoms with E-state index in [1.807, 2.05) is 0 Å². The number of oxazole rings is 1. The minimum atomic E-state index is -4.64. The van der Waals surface area contributed by atoms with Crippen LogP contribution in [0, 0.1) is 0 Å². The monoisotopic (exact) mass is 206 g/mol. The summed E-state index contributed by atoms with van der Waals surface area (Å²) < 4.78 is 40.8. The van der Waals surface area contributed by atoms with Gasteiger partial charge in [-0.1, -0.05) is 0 Å². The zero-order valence-electron chi connectivity index (χ0n) is 6.81. The van der Waals surface area contributed by atoms with Gasteiger partial charge in [0.1, 0.15) is 5.76 Å². The molecule has 2 heterocycles. The summed E-state index contributed by atoms with van der Waals surface area (Å²) in [4.78, 5) is 14.2. The SMILES string of the molecule is O=C1CNCc2oc(C(F)(F)F)nc21. The largest absolute Gasteiger partial charge is 0.468 e. The molecule has 1 N–H and O–H groups in total. The number of nitrogens with zero attached hydrogens (tertiary/aromatic N) is 1. The van der Waals surface area contributed by atoms with Crippen molar-refractivity contribution >= 4 is 5.78 Å². The third kappa shape index (κ3) is 1.39. The van der Waals surface area contributed by atoms with Gasteiger partial charge in [-0.15, -0.1) is 0 Å². The Morgan fingerprint density at radius 2 is 2.07 bits per heavy atom. The second kappa shape index (κ2) is 2.81. The van der Waals surface area contributed by atoms with Gasteiger partial charge in [0.2, 0.25) is 0 Å². The Morgan fingerprint density at radius 3 is 2.64 bits per heavy atom. The highest BCUT2D eigenvalue weighted by Crippen LogP contribution is 2.30. The van der Waals surface area contributed by atoms with Crippen molar-refractivity contribution < 1.29 is 22.4 Å². The molecule has 0 radical (unpaired) electrons. The molecule has 0 bridgehead atoms. The van der Waals surface area contributed by atoms with Crippen molar-refractivity contribution in [3.05, 3.63) is 17.3 Å². The molecule has 0 saturated heterocycles. The van der Waals surface area contributed by atoms with Crippen LogP contribution in [0.5, 0.6) is 0 Å². The van der Waals surface area contributed by atoms with Crippen LogP contribution < -0.4 is 5.32 Å². The minimum absolute atomic E-state index is 0.00314. The van der Waals surface area contributed by atoms with Gasteiger partial charge < -0.3 is 9.73 Å². The van der Waals surface area contributed by atoms with Gasteiger partial charge >= 0.3 is 12.1 Å². The number of fused-ring (bicyclic) bond motifs is 1. The number of carbonyl (C=O) groups excluding carboxylic acids is 1. The van der Waals surface area contributed by atoms with E-state index in [1.54, 1.807) is 0 Å². The lowest BCUT2D eigenvalue weighted by molar-refractivity contribution is -0.157. The van der Waals surface area contributed by atoms with Gasteiger partial charge in [-0.05, 0) is 0 Å². The van der Waals surface area contributed by atoms with Gasteiger partial charge in [-0.25, -0.2) is 4.98 Å². The molecule has 0 aliphatic carbocycles. The smallest absolute Gasteiger partial charge is 0.436 e. The fraction of sp³-hybridized carbons (Fsp3) is 0.429. The summed E-state index contributed by atoms with van der Waals surface area (Å²) in [5.41, 5.74) is -0.212. The summed E-state index contributed by atoms with van der Waals surface area (Å²) in [5.74, 6) is -1.89. The van der Waals surface area contributed by atoms with Crippen LogP contribution in [0.25, 0.3) is 0 Å². The van der Waals surface area contributed by atoms with Crippen LogP contribution in [0.1, 0.15) is 22.1 Å². The van der Waals surface area contributed by atoms with E-state index in [1.165, 1.54) is 0 Å². The normalized spacial score (nSPS) is 16.9. The Labute approximate surface area is 76.1 Å². The first kappa shape index (κ1) is 9.20. The van der Waals surface area contributed by atoms with E-state index in [9.17, 15) is 18.0 Å². The molecule has 0 atom stereocenters. The Kier molecular flexibility index (Phi) is 1.84. The van der Waals surface area contributed by atoms with Crippen LogP contribution >= 0.6 is 0 Å². The van der Waals surface area contributed by atoms with Gasteiger partial charge in [0.05, 0.1) is 13.1 Å². The number of aromatic nitrogens is 1. The van der Waals surface area contributed by atoms with Crippen LogP contribution in [0.4, 0.5) is 13.2 Å². The third-order valence-corrected chi connectivity index (χ3v) is 1.78. The highest BCUT2D eigenvalue weighted by atomic mass is 19.4. The molecule has 0 saturated carbocycles. The first-order valence-corrected chi connectivity index (χ1v) is 3.79. The number of carbonyl (C=O) groups is 1. The van der Waals surface area contributed by atoms with Crippen molar-refractivity contribution in [2.75, 3.05) is 6.54 Å². The second-order valence-electron chi connectivity index (χ2n) is 2.82. The van der Waals surface area contributed by atoms with Gasteiger partial charge in [0.15, 0.2) is 11.5 Å². The Hall–Kier alpha value is -1.37. The lowest BCUT2D eigenvalue weighted by Crippen LogP contribution is -2.29. The lowest BCUT2D eigenvalue weighted by Gasteiger charge is -2.07. The quantitative estimate of drug-likeness (QED) is 0.687. The Morgan fingerprint density at radius 1 is 1.36 bits per heavy atom. The van der Waals surface area contributed by atoms with E-state index < -0.39 is 17.9 Å². The summed E-state index contributed by atoms with van der Waals surface area (Å²) in [5, 5.41) is 2.60. The average molecular weight is 206 g/mol. The van der Waals surface area contributed by atoms with Crippen molar-refractivity contribution in [3.8, 4) is 0 Å². The van der Waals surface area contributed by atoms with Crippen molar-refractivity contribution in [1.29, 1.82) is 0 Å². The molecule has 1 aromatic heterocycles. The molecular weight excluding hydrogens is 201 g/mol. The van der Waals surface area contributed by atoms with Crippen LogP contribution in [-0.4, -0.2) is 17.3 Å². The number of nitrogens with one attached hydrogen (secondary N) is 1. The summed E-state index contributed by atoms with van der Waals surface area (Å²) in [7, 11) is 0. The van der Waals surface area contributed by atoms with Crippen LogP contribution in [0.3, 0.4) is 0 Å². The van der Waals surface area contributed by atoms with Crippen LogP contribution in [0.2, 0.25) is 0 Å². The summed E-state index contributed by atoms with van der Waals surface area (Å²) >= 11 is 0. The average Bonchev–Trinajstić information content (AvgIpc) is 2.48. The molecule has 0 unspecified atom stereocenters. The zero-order chi connectivity index (χ0) is 10.3. The molecule has 1 aliphatic rings. The van der Waals surface area contributed by atoms with Crippen molar-refractivity contribution in [3.63, 3.8) is 0 Å². The number of Topliss-reactive ketones (excluding diaryl/α,β-unsaturated/α-hetero) is 1. The predicted octanol–water partition coefficient (Wildman–Crippen LogP) is 0.979. The maximum atomic E-state index is 12.1. The van der Waals surface area contributed by atoms with E-state index in [0.29, 0.717) is 0 Å². The van der Waals surface area contributed by atoms with Gasteiger partial charge in [-0.3, -0.25) is 4.79 Å². The maximum absolute atomic E-state index is 12.1. The number of alkyl halides is 3. The Balaban J connectivity index is 2.45. The minimum Gasteiger partial charge on any atom is -0.436 e. The fourth-order valence-electron chi connectivity index (χ4n) is 1.18. The Bertz CT molecular complexity index is 383. The molecule has 4 nitrogen and oxygen atoms in total. The highest BCUT2D eigenvalue weighted by molar-refractivity contribution is 5.97. The zero-order valence-corrected chi connectivity index (χ0v) is 6.81. The van der Waals surface area contributed by atoms with E-state index in [2.05, 4.69) is 14.7 Å². The van der Waals surface area contributed by atoms with Crippen molar-refractivity contribution in [2.45, 2.75) is 12.7 Å². The second-order valence-corrected chi connectivity index (χ2v) is 2.82. The number of hydrogen-bond donors (Lipinski definition) is 1. The molecule has 1 aliphatic heterocycles. The summed E-state index contributed by atoms with van der Waals surface area (Å²) in [6.45, 7) is 0.0982. The van der Waals surface area contributed by atoms with E-state index in [-0.39, 0.29) is 24.5 Å². The molecule has 2 rings (SSSR count). The fourth-order valence-corrected chi connectivity index (χ4v) is 1.18. The molecule has 0 amide bonds. The molecule has 0 fully saturated rings. The molecule has 0 spiro atoms. The van der Waals surface area contributed by atoms with Gasteiger partial charge in [0, 0.05) is 0 Å². The van der Waals surface area contributed by atoms with Crippen molar-refractivity contribution in [2.24, 2.45) is 0 Å². The first-order valence-electron chi connectivity index (χ1n) is 3.79. The van der Waals surface area contributed by atoms with Crippen LogP contribution in [-0.2, 0) is 12.7 Å². The van der Waals surface area contributed by atoms with Crippen molar-refractivity contribution in [1.82, 2.24) is 10.3 Å². The van der Waals surface area contributed by atoms with E-state index in [0.717, 1.165) is 0 Å². The molecular formula is C7H5F3N2O2. The third-order valence-electron chi connectivity index (χ3n) is 1.78. The molecule has 0 aromatic carbocycles. The van der Waals surface area contributed by atoms with E-state index >= 15 is 0 Å². The van der Waals surface area contributed by atoms with E-state index in [4.69, 9.17) is 0 Å². The topological polar surface area (TPSA) is 55.1 Å². The molecule has 7 heteroatoms. The van der Waals surface area contributed by atoms with Gasteiger partial charge in [0.25, 0.3) is 0 Å². The summed E-state index contributed by atoms with van der Waals surface area (Å²) in [6, 6.07) is 0. The maximum Gasteiger partial charge on any atom is 0.468 e. The molecule has 1 aromatic rings. The number of hydrogen-bond acceptors (Lipinski definition) is 4. The number of halogens is 3. The van der Waals surface area contributed by atoms with Gasteiger partial charge in [-0.2, -0.15) is 13.2 Å². The predicted molar refractivity (Wildman–Crippen MR) is 37.5 cm³/mol.